The van der Waals surface area contributed by atoms with Crippen LogP contribution in [0.2, 0.25) is 0 Å². The number of hydrogen-bond acceptors (Lipinski definition) is 4. The van der Waals surface area contributed by atoms with Gasteiger partial charge in [-0.05, 0) is 31.2 Å². The van der Waals surface area contributed by atoms with Crippen LogP contribution in [0.3, 0.4) is 0 Å². The van der Waals surface area contributed by atoms with E-state index < -0.39 is 10.0 Å². The molecule has 6 nitrogen and oxygen atoms in total. The Labute approximate surface area is 119 Å². The second-order valence-corrected chi connectivity index (χ2v) is 6.15. The van der Waals surface area contributed by atoms with E-state index in [0.717, 1.165) is 6.26 Å². The van der Waals surface area contributed by atoms with Crippen molar-refractivity contribution in [2.24, 2.45) is 0 Å². The van der Waals surface area contributed by atoms with Crippen LogP contribution in [0.4, 0.5) is 5.69 Å². The summed E-state index contributed by atoms with van der Waals surface area (Å²) in [5.41, 5.74) is 0.543. The molecule has 1 aromatic carbocycles. The van der Waals surface area contributed by atoms with E-state index in [1.54, 1.807) is 24.3 Å². The van der Waals surface area contributed by atoms with Gasteiger partial charge in [0.15, 0.2) is 0 Å². The molecule has 0 saturated heterocycles. The molecule has 0 saturated carbocycles. The average Bonchev–Trinajstić information content (AvgIpc) is 2.34. The average molecular weight is 300 g/mol. The van der Waals surface area contributed by atoms with E-state index in [1.165, 1.54) is 11.2 Å². The van der Waals surface area contributed by atoms with Crippen molar-refractivity contribution in [1.29, 1.82) is 0 Å². The van der Waals surface area contributed by atoms with E-state index in [1.807, 2.05) is 6.92 Å². The van der Waals surface area contributed by atoms with Gasteiger partial charge in [-0.3, -0.25) is 9.10 Å². The summed E-state index contributed by atoms with van der Waals surface area (Å²) < 4.78 is 30.2. The Bertz CT molecular complexity index is 540. The van der Waals surface area contributed by atoms with Crippen LogP contribution < -0.4 is 14.4 Å². The van der Waals surface area contributed by atoms with Crippen LogP contribution in [0.1, 0.15) is 13.8 Å². The van der Waals surface area contributed by atoms with E-state index in [0.29, 0.717) is 18.0 Å². The molecule has 112 valence electrons. The minimum atomic E-state index is -3.40. The lowest BCUT2D eigenvalue weighted by Gasteiger charge is -2.22. The summed E-state index contributed by atoms with van der Waals surface area (Å²) in [5, 5.41) is 2.58. The molecule has 0 spiro atoms. The van der Waals surface area contributed by atoms with E-state index in [-0.39, 0.29) is 19.0 Å². The summed E-state index contributed by atoms with van der Waals surface area (Å²) in [5.74, 6) is 0.497. The lowest BCUT2D eigenvalue weighted by Crippen LogP contribution is -2.37. The van der Waals surface area contributed by atoms with Gasteiger partial charge in [0.2, 0.25) is 15.9 Å². The van der Waals surface area contributed by atoms with Crippen LogP contribution in [0.5, 0.6) is 5.75 Å². The third-order valence-corrected chi connectivity index (χ3v) is 3.72. The topological polar surface area (TPSA) is 75.7 Å². The van der Waals surface area contributed by atoms with Crippen molar-refractivity contribution in [1.82, 2.24) is 5.32 Å². The summed E-state index contributed by atoms with van der Waals surface area (Å²) in [6.45, 7) is 4.27. The maximum absolute atomic E-state index is 11.8. The summed E-state index contributed by atoms with van der Waals surface area (Å²) in [7, 11) is -3.40. The number of ether oxygens (including phenoxy) is 1. The second-order valence-electron chi connectivity index (χ2n) is 4.25. The standard InChI is InChI=1S/C13H20N2O4S/c1-4-19-13-7-5-12(6-8-13)15(20(3,17)18)10-9-14-11(2)16/h5-8H,4,9-10H2,1-3H3,(H,14,16). The number of carbonyl (C=O) groups is 1. The van der Waals surface area contributed by atoms with Gasteiger partial charge in [-0.2, -0.15) is 0 Å². The first kappa shape index (κ1) is 16.3. The monoisotopic (exact) mass is 300 g/mol. The number of nitrogens with zero attached hydrogens (tertiary/aromatic N) is 1. The predicted octanol–water partition coefficient (Wildman–Crippen LogP) is 0.987. The number of amides is 1. The molecule has 7 heteroatoms. The minimum Gasteiger partial charge on any atom is -0.494 e. The van der Waals surface area contributed by atoms with Crippen LogP contribution in [-0.4, -0.2) is 40.3 Å². The number of anilines is 1. The molecular weight excluding hydrogens is 280 g/mol. The van der Waals surface area contributed by atoms with Gasteiger partial charge in [-0.15, -0.1) is 0 Å². The Hall–Kier alpha value is -1.76. The quantitative estimate of drug-likeness (QED) is 0.814. The molecule has 0 aliphatic carbocycles. The molecule has 0 aliphatic heterocycles. The highest BCUT2D eigenvalue weighted by Crippen LogP contribution is 2.21. The molecule has 0 unspecified atom stereocenters. The molecule has 20 heavy (non-hydrogen) atoms. The van der Waals surface area contributed by atoms with Crippen LogP contribution >= 0.6 is 0 Å². The zero-order valence-electron chi connectivity index (χ0n) is 11.9. The Balaban J connectivity index is 2.85. The molecule has 0 atom stereocenters. The van der Waals surface area contributed by atoms with Gasteiger partial charge in [-0.25, -0.2) is 8.42 Å². The van der Waals surface area contributed by atoms with Gasteiger partial charge in [0, 0.05) is 13.5 Å². The Morgan fingerprint density at radius 1 is 1.30 bits per heavy atom. The van der Waals surface area contributed by atoms with E-state index in [4.69, 9.17) is 4.74 Å². The van der Waals surface area contributed by atoms with Crippen LogP contribution in [0.25, 0.3) is 0 Å². The van der Waals surface area contributed by atoms with Gasteiger partial charge in [0.25, 0.3) is 0 Å². The van der Waals surface area contributed by atoms with Crippen molar-refractivity contribution in [3.63, 3.8) is 0 Å². The summed E-state index contributed by atoms with van der Waals surface area (Å²) in [4.78, 5) is 10.8. The number of sulfonamides is 1. The van der Waals surface area contributed by atoms with Crippen molar-refractivity contribution in [3.8, 4) is 5.75 Å². The minimum absolute atomic E-state index is 0.187. The zero-order valence-corrected chi connectivity index (χ0v) is 12.7. The number of carbonyl (C=O) groups excluding carboxylic acids is 1. The third-order valence-electron chi connectivity index (χ3n) is 2.52. The fourth-order valence-electron chi connectivity index (χ4n) is 1.70. The largest absolute Gasteiger partial charge is 0.494 e. The zero-order chi connectivity index (χ0) is 15.2. The maximum atomic E-state index is 11.8. The first-order valence-electron chi connectivity index (χ1n) is 6.29. The van der Waals surface area contributed by atoms with Gasteiger partial charge in [-0.1, -0.05) is 0 Å². The van der Waals surface area contributed by atoms with Crippen LogP contribution in [0.15, 0.2) is 24.3 Å². The molecule has 0 fully saturated rings. The van der Waals surface area contributed by atoms with Crippen molar-refractivity contribution >= 4 is 21.6 Å². The highest BCUT2D eigenvalue weighted by Gasteiger charge is 2.17. The van der Waals surface area contributed by atoms with Crippen molar-refractivity contribution in [2.75, 3.05) is 30.3 Å². The molecular formula is C13H20N2O4S. The Kier molecular flexibility index (Phi) is 5.82. The molecule has 1 rings (SSSR count). The molecule has 0 aromatic heterocycles. The van der Waals surface area contributed by atoms with Gasteiger partial charge < -0.3 is 10.1 Å². The Morgan fingerprint density at radius 3 is 2.35 bits per heavy atom. The van der Waals surface area contributed by atoms with Gasteiger partial charge in [0.1, 0.15) is 5.75 Å². The third kappa shape index (κ3) is 5.08. The van der Waals surface area contributed by atoms with E-state index in [9.17, 15) is 13.2 Å². The molecule has 1 aromatic rings. The van der Waals surface area contributed by atoms with Crippen molar-refractivity contribution < 1.29 is 17.9 Å². The van der Waals surface area contributed by atoms with Crippen LogP contribution in [0, 0.1) is 0 Å². The SMILES string of the molecule is CCOc1ccc(N(CCNC(C)=O)S(C)(=O)=O)cc1. The molecule has 0 heterocycles. The maximum Gasteiger partial charge on any atom is 0.232 e. The lowest BCUT2D eigenvalue weighted by molar-refractivity contribution is -0.118. The first-order chi connectivity index (χ1) is 9.34. The van der Waals surface area contributed by atoms with Gasteiger partial charge >= 0.3 is 0 Å². The van der Waals surface area contributed by atoms with E-state index in [2.05, 4.69) is 5.32 Å². The molecule has 1 amide bonds. The first-order valence-corrected chi connectivity index (χ1v) is 8.14. The number of rotatable bonds is 7. The molecule has 1 N–H and O–H groups in total. The van der Waals surface area contributed by atoms with Gasteiger partial charge in [0.05, 0.1) is 25.1 Å². The fourth-order valence-corrected chi connectivity index (χ4v) is 2.62. The summed E-state index contributed by atoms with van der Waals surface area (Å²) >= 11 is 0. The highest BCUT2D eigenvalue weighted by atomic mass is 32.2. The van der Waals surface area contributed by atoms with Crippen molar-refractivity contribution in [2.45, 2.75) is 13.8 Å². The summed E-state index contributed by atoms with van der Waals surface area (Å²) in [6, 6.07) is 6.80. The molecule has 0 radical (unpaired) electrons. The Morgan fingerprint density at radius 2 is 1.90 bits per heavy atom. The number of hydrogen-bond donors (Lipinski definition) is 1. The molecule has 0 aliphatic rings. The fraction of sp³-hybridized carbons (Fsp3) is 0.462. The predicted molar refractivity (Wildman–Crippen MR) is 78.5 cm³/mol. The second kappa shape index (κ2) is 7.14. The number of nitrogens with one attached hydrogen (secondary N) is 1. The van der Waals surface area contributed by atoms with Crippen LogP contribution in [-0.2, 0) is 14.8 Å². The normalized spacial score (nSPS) is 10.9. The smallest absolute Gasteiger partial charge is 0.232 e. The number of benzene rings is 1. The summed E-state index contributed by atoms with van der Waals surface area (Å²) in [6.07, 6.45) is 1.14. The highest BCUT2D eigenvalue weighted by molar-refractivity contribution is 7.92. The molecule has 0 bridgehead atoms. The van der Waals surface area contributed by atoms with E-state index >= 15 is 0 Å². The lowest BCUT2D eigenvalue weighted by atomic mass is 10.3. The van der Waals surface area contributed by atoms with Crippen molar-refractivity contribution in [3.05, 3.63) is 24.3 Å².